The van der Waals surface area contributed by atoms with E-state index in [9.17, 15) is 19.2 Å². The Hall–Kier alpha value is -2.90. The zero-order chi connectivity index (χ0) is 39.9. The zero-order valence-corrected chi connectivity index (χ0v) is 34.3. The van der Waals surface area contributed by atoms with E-state index in [2.05, 4.69) is 36.5 Å². The molecule has 0 heterocycles. The monoisotopic (exact) mass is 771 g/mol. The summed E-state index contributed by atoms with van der Waals surface area (Å²) in [6.45, 7) is 0. The van der Waals surface area contributed by atoms with Gasteiger partial charge in [-0.25, -0.2) is 0 Å². The zero-order valence-electron chi connectivity index (χ0n) is 34.3. The fraction of sp³-hybridized carbons (Fsp3) is 0.787. The van der Waals surface area contributed by atoms with Gasteiger partial charge in [0.25, 0.3) is 0 Å². The number of carboxylic acids is 4. The van der Waals surface area contributed by atoms with Crippen LogP contribution in [0.5, 0.6) is 0 Å². The first-order chi connectivity index (χ1) is 26.7. The van der Waals surface area contributed by atoms with Crippen LogP contribution in [0.15, 0.2) is 36.5 Å². The molecule has 4 atom stereocenters. The molecule has 2 aliphatic carbocycles. The average molecular weight is 771 g/mol. The van der Waals surface area contributed by atoms with Crippen molar-refractivity contribution >= 4 is 23.9 Å². The number of hydrogen-bond donors (Lipinski definition) is 4. The van der Waals surface area contributed by atoms with Gasteiger partial charge in [-0.2, -0.15) is 0 Å². The molecular weight excluding hydrogens is 693 g/mol. The molecule has 0 aromatic heterocycles. The van der Waals surface area contributed by atoms with Crippen molar-refractivity contribution in [2.45, 2.75) is 199 Å². The van der Waals surface area contributed by atoms with E-state index in [4.69, 9.17) is 20.4 Å². The highest BCUT2D eigenvalue weighted by molar-refractivity contribution is 5.93. The van der Waals surface area contributed by atoms with Crippen molar-refractivity contribution in [1.82, 2.24) is 0 Å². The molecule has 2 aliphatic rings. The predicted octanol–water partition coefficient (Wildman–Crippen LogP) is 12.8. The van der Waals surface area contributed by atoms with Crippen LogP contribution in [0.25, 0.3) is 0 Å². The number of hydrogen-bond acceptors (Lipinski definition) is 4. The predicted molar refractivity (Wildman–Crippen MR) is 222 cm³/mol. The van der Waals surface area contributed by atoms with Gasteiger partial charge in [0, 0.05) is 0 Å². The largest absolute Gasteiger partial charge is 0.481 e. The number of unbranched alkanes of at least 4 members (excludes halogenated alkanes) is 22. The molecule has 55 heavy (non-hydrogen) atoms. The van der Waals surface area contributed by atoms with Crippen LogP contribution in [-0.4, -0.2) is 44.3 Å². The number of rotatable bonds is 38. The molecule has 0 saturated heterocycles. The fourth-order valence-corrected chi connectivity index (χ4v) is 9.04. The van der Waals surface area contributed by atoms with Crippen LogP contribution in [0.2, 0.25) is 0 Å². The molecule has 0 aromatic carbocycles. The molecule has 0 spiro atoms. The van der Waals surface area contributed by atoms with Gasteiger partial charge in [-0.3, -0.25) is 19.2 Å². The van der Waals surface area contributed by atoms with Crippen LogP contribution in [0.3, 0.4) is 0 Å². The van der Waals surface area contributed by atoms with Crippen molar-refractivity contribution in [3.63, 3.8) is 0 Å². The van der Waals surface area contributed by atoms with Gasteiger partial charge in [-0.15, -0.1) is 0 Å². The van der Waals surface area contributed by atoms with Crippen molar-refractivity contribution in [2.75, 3.05) is 0 Å². The summed E-state index contributed by atoms with van der Waals surface area (Å²) < 4.78 is 0. The second kappa shape index (κ2) is 31.2. The van der Waals surface area contributed by atoms with Gasteiger partial charge in [0.2, 0.25) is 0 Å². The van der Waals surface area contributed by atoms with E-state index < -0.39 is 35.7 Å². The van der Waals surface area contributed by atoms with Crippen LogP contribution in [0, 0.1) is 35.5 Å². The minimum atomic E-state index is -1.26. The van der Waals surface area contributed by atoms with E-state index in [0.29, 0.717) is 12.8 Å². The molecule has 0 aromatic rings. The van der Waals surface area contributed by atoms with E-state index in [1.54, 1.807) is 0 Å². The van der Waals surface area contributed by atoms with Gasteiger partial charge in [0.05, 0.1) is 0 Å². The first kappa shape index (κ1) is 48.2. The SMILES string of the molecule is O=C(O)C(CCCCCCCC=CCCCCCCCCC1C2C=CC(C2)C1CCCCCCCCC=CCCCCCCCC(C(=O)O)C(=O)O)C(=O)O. The molecule has 0 radical (unpaired) electrons. The quantitative estimate of drug-likeness (QED) is 0.0275. The van der Waals surface area contributed by atoms with Crippen LogP contribution in [0.1, 0.15) is 199 Å². The van der Waals surface area contributed by atoms with Crippen molar-refractivity contribution in [1.29, 1.82) is 0 Å². The van der Waals surface area contributed by atoms with Crippen LogP contribution >= 0.6 is 0 Å². The van der Waals surface area contributed by atoms with E-state index in [1.165, 1.54) is 109 Å². The topological polar surface area (TPSA) is 149 Å². The van der Waals surface area contributed by atoms with Crippen LogP contribution in [0.4, 0.5) is 0 Å². The van der Waals surface area contributed by atoms with Crippen molar-refractivity contribution in [3.8, 4) is 0 Å². The maximum absolute atomic E-state index is 10.9. The second-order valence-corrected chi connectivity index (χ2v) is 16.8. The maximum Gasteiger partial charge on any atom is 0.317 e. The Kier molecular flexibility index (Phi) is 27.4. The van der Waals surface area contributed by atoms with E-state index in [0.717, 1.165) is 87.9 Å². The number of allylic oxidation sites excluding steroid dienone is 6. The Morgan fingerprint density at radius 1 is 0.400 bits per heavy atom. The molecule has 8 heteroatoms. The lowest BCUT2D eigenvalue weighted by Crippen LogP contribution is -2.23. The Labute approximate surface area is 333 Å². The van der Waals surface area contributed by atoms with E-state index >= 15 is 0 Å². The molecule has 0 amide bonds. The molecule has 2 rings (SSSR count). The highest BCUT2D eigenvalue weighted by Gasteiger charge is 2.43. The first-order valence-corrected chi connectivity index (χ1v) is 22.6. The normalized spacial score (nSPS) is 19.2. The molecule has 1 fully saturated rings. The molecular formula is C47H78O8. The molecule has 4 N–H and O–H groups in total. The third-order valence-corrected chi connectivity index (χ3v) is 12.4. The van der Waals surface area contributed by atoms with Crippen molar-refractivity contribution in [2.24, 2.45) is 35.5 Å². The summed E-state index contributed by atoms with van der Waals surface area (Å²) in [6.07, 6.45) is 49.6. The lowest BCUT2D eigenvalue weighted by atomic mass is 9.77. The van der Waals surface area contributed by atoms with Crippen molar-refractivity contribution < 1.29 is 39.6 Å². The summed E-state index contributed by atoms with van der Waals surface area (Å²) in [6, 6.07) is 0. The molecule has 314 valence electrons. The Bertz CT molecular complexity index is 1030. The summed E-state index contributed by atoms with van der Waals surface area (Å²) in [5.74, 6) is -3.86. The third-order valence-electron chi connectivity index (χ3n) is 12.4. The average Bonchev–Trinajstić information content (AvgIpc) is 3.75. The number of aliphatic carboxylic acids is 4. The lowest BCUT2D eigenvalue weighted by Gasteiger charge is -2.28. The summed E-state index contributed by atoms with van der Waals surface area (Å²) in [5, 5.41) is 35.7. The highest BCUT2D eigenvalue weighted by atomic mass is 16.4. The highest BCUT2D eigenvalue weighted by Crippen LogP contribution is 2.51. The van der Waals surface area contributed by atoms with Gasteiger partial charge in [-0.05, 0) is 107 Å². The van der Waals surface area contributed by atoms with Gasteiger partial charge in [0.1, 0.15) is 0 Å². The van der Waals surface area contributed by atoms with Crippen molar-refractivity contribution in [3.05, 3.63) is 36.5 Å². The summed E-state index contributed by atoms with van der Waals surface area (Å²) in [4.78, 5) is 43.7. The minimum absolute atomic E-state index is 0.226. The number of carboxylic acid groups (broad SMARTS) is 4. The van der Waals surface area contributed by atoms with E-state index in [1.807, 2.05) is 0 Å². The number of carbonyl (C=O) groups is 4. The standard InChI is InChI=1S/C47H78O8/c48-44(49)42(45(50)51)33-29-25-21-17-13-9-5-1-3-7-11-15-19-23-27-31-40-38-35-36-39(37-38)41(40)32-28-24-20-16-12-8-4-2-6-10-14-18-22-26-30-34-43(46(52)53)47(54)55/h1-2,5-6,35-36,38-43H,3-4,7-34,37H2,(H,48,49)(H,50,51)(H,52,53)(H,54,55). The van der Waals surface area contributed by atoms with Gasteiger partial charge in [-0.1, -0.05) is 152 Å². The van der Waals surface area contributed by atoms with Crippen LogP contribution in [-0.2, 0) is 19.2 Å². The Balaban J connectivity index is 1.36. The molecule has 2 bridgehead atoms. The first-order valence-electron chi connectivity index (χ1n) is 22.6. The summed E-state index contributed by atoms with van der Waals surface area (Å²) in [7, 11) is 0. The molecule has 1 saturated carbocycles. The lowest BCUT2D eigenvalue weighted by molar-refractivity contribution is -0.156. The summed E-state index contributed by atoms with van der Waals surface area (Å²) >= 11 is 0. The van der Waals surface area contributed by atoms with E-state index in [-0.39, 0.29) is 12.8 Å². The fourth-order valence-electron chi connectivity index (χ4n) is 9.04. The molecule has 4 unspecified atom stereocenters. The smallest absolute Gasteiger partial charge is 0.317 e. The van der Waals surface area contributed by atoms with Crippen LogP contribution < -0.4 is 0 Å². The van der Waals surface area contributed by atoms with Gasteiger partial charge < -0.3 is 20.4 Å². The maximum atomic E-state index is 10.9. The third kappa shape index (κ3) is 22.4. The molecule has 8 nitrogen and oxygen atoms in total. The second-order valence-electron chi connectivity index (χ2n) is 16.8. The minimum Gasteiger partial charge on any atom is -0.481 e. The Morgan fingerprint density at radius 3 is 0.945 bits per heavy atom. The van der Waals surface area contributed by atoms with Gasteiger partial charge >= 0.3 is 23.9 Å². The Morgan fingerprint density at radius 2 is 0.655 bits per heavy atom. The number of fused-ring (bicyclic) bond motifs is 2. The summed E-state index contributed by atoms with van der Waals surface area (Å²) in [5.41, 5.74) is 0. The molecule has 0 aliphatic heterocycles. The van der Waals surface area contributed by atoms with Gasteiger partial charge in [0.15, 0.2) is 11.8 Å².